The number of benzene rings is 1. The van der Waals surface area contributed by atoms with Crippen LogP contribution in [0, 0.1) is 0 Å². The normalized spacial score (nSPS) is 15.7. The fourth-order valence-electron chi connectivity index (χ4n) is 2.71. The van der Waals surface area contributed by atoms with Crippen molar-refractivity contribution in [3.63, 3.8) is 0 Å². The first-order valence-corrected chi connectivity index (χ1v) is 7.32. The van der Waals surface area contributed by atoms with Gasteiger partial charge in [0.15, 0.2) is 0 Å². The highest BCUT2D eigenvalue weighted by Crippen LogP contribution is 2.45. The molecule has 1 aliphatic rings. The largest absolute Gasteiger partial charge is 0.422 e. The van der Waals surface area contributed by atoms with Crippen molar-refractivity contribution in [3.05, 3.63) is 72.0 Å². The Kier molecular flexibility index (Phi) is 3.07. The number of rotatable bonds is 1. The molecule has 9 heteroatoms. The Labute approximate surface area is 138 Å². The molecule has 4 rings (SSSR count). The van der Waals surface area contributed by atoms with Crippen LogP contribution in [0.5, 0.6) is 11.8 Å². The quantitative estimate of drug-likeness (QED) is 0.490. The molecule has 1 aromatic carbocycles. The molecule has 23 heavy (non-hydrogen) atoms. The number of H-pyrrole nitrogens is 3. The molecule has 3 aromatic rings. The van der Waals surface area contributed by atoms with Gasteiger partial charge in [0.05, 0.1) is 17.7 Å². The number of hydrogen-bond donors (Lipinski definition) is 3. The number of ether oxygens (including phenoxy) is 1. The summed E-state index contributed by atoms with van der Waals surface area (Å²) in [6.45, 7) is 0. The Morgan fingerprint density at radius 1 is 1.09 bits per heavy atom. The molecule has 0 amide bonds. The molecule has 2 aromatic heterocycles. The van der Waals surface area contributed by atoms with Crippen LogP contribution in [0.15, 0.2) is 34.0 Å². The van der Waals surface area contributed by atoms with Gasteiger partial charge >= 0.3 is 5.69 Å². The lowest BCUT2D eigenvalue weighted by atomic mass is 9.86. The van der Waals surface area contributed by atoms with Crippen molar-refractivity contribution in [2.24, 2.45) is 0 Å². The zero-order valence-electron chi connectivity index (χ0n) is 11.3. The molecule has 7 nitrogen and oxygen atoms in total. The first-order chi connectivity index (χ1) is 11.0. The second kappa shape index (κ2) is 5.00. The van der Waals surface area contributed by atoms with Gasteiger partial charge in [-0.3, -0.25) is 14.8 Å². The van der Waals surface area contributed by atoms with Crippen LogP contribution < -0.4 is 16.0 Å². The topological polar surface area (TPSA) is 104 Å². The highest BCUT2D eigenvalue weighted by atomic mass is 35.5. The fraction of sp³-hybridized carbons (Fsp3) is 0.0714. The van der Waals surface area contributed by atoms with Crippen LogP contribution in [-0.2, 0) is 0 Å². The molecule has 3 heterocycles. The summed E-state index contributed by atoms with van der Waals surface area (Å²) >= 11 is 12.3. The Morgan fingerprint density at radius 3 is 2.70 bits per heavy atom. The van der Waals surface area contributed by atoms with E-state index in [1.54, 1.807) is 24.4 Å². The van der Waals surface area contributed by atoms with Gasteiger partial charge in [-0.1, -0.05) is 29.3 Å². The minimum absolute atomic E-state index is 0.0616. The number of aromatic nitrogens is 4. The number of fused-ring (bicyclic) bond motifs is 2. The molecule has 0 saturated carbocycles. The molecular weight excluding hydrogens is 343 g/mol. The molecule has 3 N–H and O–H groups in total. The van der Waals surface area contributed by atoms with Crippen molar-refractivity contribution < 1.29 is 4.74 Å². The Hall–Kier alpha value is -2.51. The van der Waals surface area contributed by atoms with Gasteiger partial charge in [0.1, 0.15) is 0 Å². The van der Waals surface area contributed by atoms with Crippen LogP contribution in [-0.4, -0.2) is 20.2 Å². The maximum atomic E-state index is 12.3. The Morgan fingerprint density at radius 2 is 1.91 bits per heavy atom. The summed E-state index contributed by atoms with van der Waals surface area (Å²) in [5.41, 5.74) is 0.340. The molecule has 1 unspecified atom stereocenters. The molecular formula is C14H8Cl2N4O3. The zero-order chi connectivity index (χ0) is 16.1. The predicted molar refractivity (Wildman–Crippen MR) is 83.8 cm³/mol. The lowest BCUT2D eigenvalue weighted by Gasteiger charge is -2.24. The van der Waals surface area contributed by atoms with Gasteiger partial charge in [-0.2, -0.15) is 5.10 Å². The van der Waals surface area contributed by atoms with Gasteiger partial charge in [-0.25, -0.2) is 9.89 Å². The van der Waals surface area contributed by atoms with E-state index in [1.165, 1.54) is 0 Å². The van der Waals surface area contributed by atoms with Crippen molar-refractivity contribution in [1.82, 2.24) is 20.2 Å². The maximum Gasteiger partial charge on any atom is 0.328 e. The number of nitrogens with one attached hydrogen (secondary N) is 3. The summed E-state index contributed by atoms with van der Waals surface area (Å²) < 4.78 is 5.53. The fourth-order valence-corrected chi connectivity index (χ4v) is 3.22. The summed E-state index contributed by atoms with van der Waals surface area (Å²) in [7, 11) is 0. The third-order valence-corrected chi connectivity index (χ3v) is 4.22. The molecule has 0 radical (unpaired) electrons. The first-order valence-electron chi connectivity index (χ1n) is 6.57. The smallest absolute Gasteiger partial charge is 0.328 e. The molecule has 0 spiro atoms. The molecule has 0 saturated heterocycles. The van der Waals surface area contributed by atoms with E-state index in [0.29, 0.717) is 27.1 Å². The molecule has 116 valence electrons. The lowest BCUT2D eigenvalue weighted by Crippen LogP contribution is -2.30. The van der Waals surface area contributed by atoms with Crippen LogP contribution in [0.4, 0.5) is 0 Å². The van der Waals surface area contributed by atoms with E-state index in [2.05, 4.69) is 20.2 Å². The van der Waals surface area contributed by atoms with Crippen molar-refractivity contribution >= 4 is 23.2 Å². The molecule has 0 bridgehead atoms. The molecule has 0 aliphatic carbocycles. The van der Waals surface area contributed by atoms with Gasteiger partial charge in [0, 0.05) is 15.6 Å². The van der Waals surface area contributed by atoms with E-state index < -0.39 is 17.2 Å². The first kappa shape index (κ1) is 14.1. The lowest BCUT2D eigenvalue weighted by molar-refractivity contribution is 0.412. The van der Waals surface area contributed by atoms with E-state index in [1.807, 2.05) is 0 Å². The third kappa shape index (κ3) is 2.16. The second-order valence-corrected chi connectivity index (χ2v) is 5.85. The average molecular weight is 351 g/mol. The van der Waals surface area contributed by atoms with Crippen molar-refractivity contribution in [2.45, 2.75) is 5.92 Å². The van der Waals surface area contributed by atoms with E-state index in [-0.39, 0.29) is 11.4 Å². The average Bonchev–Trinajstić information content (AvgIpc) is 2.93. The summed E-state index contributed by atoms with van der Waals surface area (Å²) in [6, 6.07) is 5.00. The number of nitrogens with zero attached hydrogens (tertiary/aromatic N) is 1. The third-order valence-electron chi connectivity index (χ3n) is 3.65. The van der Waals surface area contributed by atoms with E-state index >= 15 is 0 Å². The summed E-state index contributed by atoms with van der Waals surface area (Å²) in [5, 5.41) is 7.51. The van der Waals surface area contributed by atoms with E-state index in [4.69, 9.17) is 27.9 Å². The van der Waals surface area contributed by atoms with Gasteiger partial charge < -0.3 is 4.74 Å². The van der Waals surface area contributed by atoms with Crippen molar-refractivity contribution in [3.8, 4) is 11.8 Å². The van der Waals surface area contributed by atoms with Crippen LogP contribution >= 0.6 is 23.2 Å². The minimum Gasteiger partial charge on any atom is -0.422 e. The summed E-state index contributed by atoms with van der Waals surface area (Å²) in [4.78, 5) is 28.5. The van der Waals surface area contributed by atoms with Gasteiger partial charge in [-0.15, -0.1) is 0 Å². The SMILES string of the molecule is O=c1[nH]c2c(c(=O)[nH]1)C(c1ccc(Cl)cc1Cl)c1cn[nH]c1O2. The van der Waals surface area contributed by atoms with E-state index in [9.17, 15) is 9.59 Å². The molecule has 0 fully saturated rings. The highest BCUT2D eigenvalue weighted by molar-refractivity contribution is 6.35. The summed E-state index contributed by atoms with van der Waals surface area (Å²) in [5.74, 6) is -0.140. The number of hydrogen-bond acceptors (Lipinski definition) is 4. The van der Waals surface area contributed by atoms with E-state index in [0.717, 1.165) is 0 Å². The molecule has 1 atom stereocenters. The molecule has 1 aliphatic heterocycles. The number of aromatic amines is 3. The van der Waals surface area contributed by atoms with Crippen LogP contribution in [0.2, 0.25) is 10.0 Å². The van der Waals surface area contributed by atoms with Gasteiger partial charge in [0.25, 0.3) is 5.56 Å². The second-order valence-electron chi connectivity index (χ2n) is 5.01. The standard InChI is InChI=1S/C14H8Cl2N4O3/c15-5-1-2-6(8(16)3-5)9-7-4-17-20-12(7)23-13-10(9)11(21)18-14(22)19-13/h1-4,9H,(H,17,20)(H2,18,19,21,22). The van der Waals surface area contributed by atoms with Gasteiger partial charge in [-0.05, 0) is 17.7 Å². The highest BCUT2D eigenvalue weighted by Gasteiger charge is 2.34. The van der Waals surface area contributed by atoms with Crippen LogP contribution in [0.3, 0.4) is 0 Å². The van der Waals surface area contributed by atoms with Crippen molar-refractivity contribution in [2.75, 3.05) is 0 Å². The number of halogens is 2. The van der Waals surface area contributed by atoms with Crippen molar-refractivity contribution in [1.29, 1.82) is 0 Å². The van der Waals surface area contributed by atoms with Gasteiger partial charge in [0.2, 0.25) is 11.8 Å². The Bertz CT molecular complexity index is 1040. The minimum atomic E-state index is -0.655. The summed E-state index contributed by atoms with van der Waals surface area (Å²) in [6.07, 6.45) is 1.55. The predicted octanol–water partition coefficient (Wildman–Crippen LogP) is 2.38. The monoisotopic (exact) mass is 350 g/mol. The zero-order valence-corrected chi connectivity index (χ0v) is 12.8. The van der Waals surface area contributed by atoms with Crippen LogP contribution in [0.25, 0.3) is 0 Å². The van der Waals surface area contributed by atoms with Crippen LogP contribution in [0.1, 0.15) is 22.6 Å². The Balaban J connectivity index is 2.05. The maximum absolute atomic E-state index is 12.3.